The highest BCUT2D eigenvalue weighted by Crippen LogP contribution is 2.31. The van der Waals surface area contributed by atoms with Gasteiger partial charge in [0.2, 0.25) is 0 Å². The molecule has 116 valence electrons. The summed E-state index contributed by atoms with van der Waals surface area (Å²) < 4.78 is 32.4. The van der Waals surface area contributed by atoms with Crippen LogP contribution in [0, 0.1) is 11.6 Å². The number of ketones is 1. The van der Waals surface area contributed by atoms with Crippen LogP contribution >= 0.6 is 12.2 Å². The number of thiocarbonyl (C=S) groups is 1. The second-order valence-electron chi connectivity index (χ2n) is 4.53. The number of esters is 1. The van der Waals surface area contributed by atoms with Crippen LogP contribution in [0.1, 0.15) is 18.5 Å². The molecule has 0 spiro atoms. The largest absolute Gasteiger partial charge is 0.463 e. The van der Waals surface area contributed by atoms with Gasteiger partial charge in [-0.2, -0.15) is 0 Å². The maximum Gasteiger partial charge on any atom is 0.379 e. The summed E-state index contributed by atoms with van der Waals surface area (Å²) in [4.78, 5) is 23.7. The van der Waals surface area contributed by atoms with Crippen LogP contribution in [0.4, 0.5) is 8.78 Å². The lowest BCUT2D eigenvalue weighted by Crippen LogP contribution is -2.46. The molecule has 0 amide bonds. The van der Waals surface area contributed by atoms with Crippen LogP contribution in [0.5, 0.6) is 0 Å². The van der Waals surface area contributed by atoms with Crippen LogP contribution in [0.2, 0.25) is 0 Å². The van der Waals surface area contributed by atoms with Crippen molar-refractivity contribution in [2.24, 2.45) is 0 Å². The standard InChI is InChI=1S/C14H12F2N2O3S/c1-6-9(12(19)13(20)21-2)11(18-14(22)17-6)10-7(15)4-3-5-8(10)16/h3-5,11H,1-2H3,(H2,17,18,22)/t11-/m0/s1. The lowest BCUT2D eigenvalue weighted by atomic mass is 9.92. The summed E-state index contributed by atoms with van der Waals surface area (Å²) in [5.74, 6) is -3.85. The fourth-order valence-corrected chi connectivity index (χ4v) is 2.47. The maximum absolute atomic E-state index is 14.0. The molecule has 0 fully saturated rings. The summed E-state index contributed by atoms with van der Waals surface area (Å²) in [5.41, 5.74) is -0.311. The first-order valence-corrected chi connectivity index (χ1v) is 6.62. The molecule has 1 aliphatic heterocycles. The molecule has 0 saturated carbocycles. The van der Waals surface area contributed by atoms with Crippen LogP contribution < -0.4 is 10.6 Å². The van der Waals surface area contributed by atoms with Crippen molar-refractivity contribution in [3.8, 4) is 0 Å². The Balaban J connectivity index is 2.61. The van der Waals surface area contributed by atoms with Gasteiger partial charge in [-0.3, -0.25) is 4.79 Å². The summed E-state index contributed by atoms with van der Waals surface area (Å²) in [5, 5.41) is 5.35. The third-order valence-corrected chi connectivity index (χ3v) is 3.39. The minimum Gasteiger partial charge on any atom is -0.463 e. The van der Waals surface area contributed by atoms with Crippen LogP contribution in [-0.4, -0.2) is 24.0 Å². The van der Waals surface area contributed by atoms with Crippen molar-refractivity contribution in [1.82, 2.24) is 10.6 Å². The normalized spacial score (nSPS) is 17.6. The van der Waals surface area contributed by atoms with Gasteiger partial charge in [0.1, 0.15) is 11.6 Å². The molecular weight excluding hydrogens is 314 g/mol. The number of halogens is 2. The minimum atomic E-state index is -1.22. The third kappa shape index (κ3) is 2.82. The summed E-state index contributed by atoms with van der Waals surface area (Å²) >= 11 is 4.95. The number of carbonyl (C=O) groups excluding carboxylic acids is 2. The number of Topliss-reactive ketones (excluding diaryl/α,β-unsaturated/α-hetero) is 1. The lowest BCUT2D eigenvalue weighted by molar-refractivity contribution is -0.150. The zero-order valence-electron chi connectivity index (χ0n) is 11.7. The van der Waals surface area contributed by atoms with E-state index in [9.17, 15) is 18.4 Å². The fourth-order valence-electron chi connectivity index (χ4n) is 2.20. The monoisotopic (exact) mass is 326 g/mol. The molecule has 8 heteroatoms. The van der Waals surface area contributed by atoms with Crippen molar-refractivity contribution in [2.45, 2.75) is 13.0 Å². The van der Waals surface area contributed by atoms with Gasteiger partial charge in [-0.25, -0.2) is 13.6 Å². The van der Waals surface area contributed by atoms with E-state index >= 15 is 0 Å². The van der Waals surface area contributed by atoms with Gasteiger partial charge >= 0.3 is 5.97 Å². The topological polar surface area (TPSA) is 67.4 Å². The highest BCUT2D eigenvalue weighted by atomic mass is 32.1. The lowest BCUT2D eigenvalue weighted by Gasteiger charge is -2.30. The number of rotatable bonds is 3. The number of nitrogens with one attached hydrogen (secondary N) is 2. The first kappa shape index (κ1) is 16.0. The van der Waals surface area contributed by atoms with Crippen molar-refractivity contribution in [3.05, 3.63) is 46.7 Å². The van der Waals surface area contributed by atoms with Crippen molar-refractivity contribution >= 4 is 29.1 Å². The molecule has 0 aliphatic carbocycles. The van der Waals surface area contributed by atoms with Gasteiger partial charge in [-0.15, -0.1) is 0 Å². The van der Waals surface area contributed by atoms with Gasteiger partial charge in [-0.05, 0) is 31.3 Å². The fraction of sp³-hybridized carbons (Fsp3) is 0.214. The number of carbonyl (C=O) groups is 2. The molecule has 0 radical (unpaired) electrons. The van der Waals surface area contributed by atoms with Gasteiger partial charge in [0.15, 0.2) is 5.11 Å². The molecule has 22 heavy (non-hydrogen) atoms. The molecule has 1 aliphatic rings. The Morgan fingerprint density at radius 1 is 1.27 bits per heavy atom. The van der Waals surface area contributed by atoms with Crippen molar-refractivity contribution < 1.29 is 23.1 Å². The van der Waals surface area contributed by atoms with E-state index < -0.39 is 35.0 Å². The maximum atomic E-state index is 14.0. The van der Waals surface area contributed by atoms with Gasteiger partial charge in [0, 0.05) is 5.70 Å². The molecule has 1 aromatic carbocycles. The third-order valence-electron chi connectivity index (χ3n) is 3.17. The molecule has 1 atom stereocenters. The van der Waals surface area contributed by atoms with Crippen LogP contribution in [0.3, 0.4) is 0 Å². The van der Waals surface area contributed by atoms with Gasteiger partial charge in [0.05, 0.1) is 24.3 Å². The average Bonchev–Trinajstić information content (AvgIpc) is 2.45. The molecule has 0 bridgehead atoms. The Kier molecular flexibility index (Phi) is 4.51. The average molecular weight is 326 g/mol. The van der Waals surface area contributed by atoms with E-state index in [1.54, 1.807) is 0 Å². The Bertz CT molecular complexity index is 683. The van der Waals surface area contributed by atoms with Crippen molar-refractivity contribution in [1.29, 1.82) is 0 Å². The number of methoxy groups -OCH3 is 1. The molecule has 0 aromatic heterocycles. The zero-order chi connectivity index (χ0) is 16.4. The highest BCUT2D eigenvalue weighted by molar-refractivity contribution is 7.80. The van der Waals surface area contributed by atoms with Gasteiger partial charge in [-0.1, -0.05) is 6.07 Å². The quantitative estimate of drug-likeness (QED) is 0.498. The highest BCUT2D eigenvalue weighted by Gasteiger charge is 2.36. The molecule has 2 rings (SSSR count). The van der Waals surface area contributed by atoms with E-state index in [4.69, 9.17) is 12.2 Å². The number of hydrogen-bond donors (Lipinski definition) is 2. The van der Waals surface area contributed by atoms with E-state index in [1.807, 2.05) is 0 Å². The van der Waals surface area contributed by atoms with E-state index in [0.29, 0.717) is 0 Å². The zero-order valence-corrected chi connectivity index (χ0v) is 12.5. The Labute approximate surface area is 130 Å². The Morgan fingerprint density at radius 3 is 2.41 bits per heavy atom. The molecule has 0 saturated heterocycles. The Hall–Kier alpha value is -2.35. The van der Waals surface area contributed by atoms with E-state index in [-0.39, 0.29) is 16.4 Å². The number of allylic oxidation sites excluding steroid dienone is 1. The van der Waals surface area contributed by atoms with Crippen LogP contribution in [0.25, 0.3) is 0 Å². The second kappa shape index (κ2) is 6.18. The van der Waals surface area contributed by atoms with Gasteiger partial charge < -0.3 is 15.4 Å². The smallest absolute Gasteiger partial charge is 0.379 e. The van der Waals surface area contributed by atoms with E-state index in [2.05, 4.69) is 15.4 Å². The first-order valence-electron chi connectivity index (χ1n) is 6.21. The number of hydrogen-bond acceptors (Lipinski definition) is 4. The molecule has 2 N–H and O–H groups in total. The molecule has 5 nitrogen and oxygen atoms in total. The molecule has 1 aromatic rings. The van der Waals surface area contributed by atoms with Crippen LogP contribution in [-0.2, 0) is 14.3 Å². The van der Waals surface area contributed by atoms with Crippen LogP contribution in [0.15, 0.2) is 29.5 Å². The summed E-state index contributed by atoms with van der Waals surface area (Å²) in [7, 11) is 1.04. The number of benzene rings is 1. The SMILES string of the molecule is COC(=O)C(=O)C1=C(C)NC(=S)N[C@@H]1c1c(F)cccc1F. The predicted octanol–water partition coefficient (Wildman–Crippen LogP) is 1.50. The molecule has 0 unspecified atom stereocenters. The van der Waals surface area contributed by atoms with E-state index in [0.717, 1.165) is 19.2 Å². The second-order valence-corrected chi connectivity index (χ2v) is 4.93. The predicted molar refractivity (Wildman–Crippen MR) is 77.7 cm³/mol. The van der Waals surface area contributed by atoms with Crippen molar-refractivity contribution in [2.75, 3.05) is 7.11 Å². The first-order chi connectivity index (χ1) is 10.4. The summed E-state index contributed by atoms with van der Waals surface area (Å²) in [6, 6.07) is 2.09. The summed E-state index contributed by atoms with van der Waals surface area (Å²) in [6.07, 6.45) is 0. The minimum absolute atomic E-state index is 0.0894. The number of ether oxygens (including phenoxy) is 1. The molecule has 1 heterocycles. The molecular formula is C14H12F2N2O3S. The van der Waals surface area contributed by atoms with E-state index in [1.165, 1.54) is 13.0 Å². The van der Waals surface area contributed by atoms with Crippen molar-refractivity contribution in [3.63, 3.8) is 0 Å². The Morgan fingerprint density at radius 2 is 1.86 bits per heavy atom. The summed E-state index contributed by atoms with van der Waals surface area (Å²) in [6.45, 7) is 1.48. The van der Waals surface area contributed by atoms with Gasteiger partial charge in [0.25, 0.3) is 5.78 Å².